The summed E-state index contributed by atoms with van der Waals surface area (Å²) in [7, 11) is 0. The molecule has 2 aromatic heterocycles. The molecule has 0 spiro atoms. The molecule has 2 heterocycles. The lowest BCUT2D eigenvalue weighted by Crippen LogP contribution is -2.33. The molecule has 10 heteroatoms. The number of aromatic nitrogens is 4. The number of fused-ring (bicyclic) bond motifs is 1. The molecule has 7 nitrogen and oxygen atoms in total. The summed E-state index contributed by atoms with van der Waals surface area (Å²) in [5, 5.41) is 6.94. The van der Waals surface area contributed by atoms with Crippen LogP contribution in [0.25, 0.3) is 16.7 Å². The van der Waals surface area contributed by atoms with Gasteiger partial charge in [0.2, 0.25) is 5.91 Å². The lowest BCUT2D eigenvalue weighted by Gasteiger charge is -2.14. The highest BCUT2D eigenvalue weighted by atomic mass is 19.4. The predicted octanol–water partition coefficient (Wildman–Crippen LogP) is 3.48. The van der Waals surface area contributed by atoms with Crippen LogP contribution < -0.4 is 10.9 Å². The second-order valence-electron chi connectivity index (χ2n) is 7.22. The first-order chi connectivity index (χ1) is 15.2. The SMILES string of the molecule is CC(NC(=O)Cn1cnc2c(cnn2-c2cccc(C(F)(F)F)c2)c1=O)c1ccccc1. The van der Waals surface area contributed by atoms with Gasteiger partial charge in [-0.3, -0.25) is 14.2 Å². The highest BCUT2D eigenvalue weighted by molar-refractivity contribution is 5.78. The molecule has 4 rings (SSSR count). The fourth-order valence-corrected chi connectivity index (χ4v) is 3.33. The third kappa shape index (κ3) is 4.25. The maximum absolute atomic E-state index is 13.0. The van der Waals surface area contributed by atoms with Crippen molar-refractivity contribution < 1.29 is 18.0 Å². The topological polar surface area (TPSA) is 81.8 Å². The summed E-state index contributed by atoms with van der Waals surface area (Å²) in [6.07, 6.45) is -2.10. The monoisotopic (exact) mass is 441 g/mol. The average Bonchev–Trinajstić information content (AvgIpc) is 3.21. The molecule has 1 amide bonds. The number of benzene rings is 2. The van der Waals surface area contributed by atoms with E-state index >= 15 is 0 Å². The van der Waals surface area contributed by atoms with Crippen molar-refractivity contribution in [2.24, 2.45) is 0 Å². The molecule has 0 saturated heterocycles. The van der Waals surface area contributed by atoms with Crippen molar-refractivity contribution in [3.8, 4) is 5.69 Å². The summed E-state index contributed by atoms with van der Waals surface area (Å²) < 4.78 is 41.4. The Morgan fingerprint density at radius 1 is 1.12 bits per heavy atom. The zero-order chi connectivity index (χ0) is 22.9. The third-order valence-electron chi connectivity index (χ3n) is 4.96. The van der Waals surface area contributed by atoms with E-state index in [2.05, 4.69) is 15.4 Å². The average molecular weight is 441 g/mol. The van der Waals surface area contributed by atoms with Gasteiger partial charge in [0.15, 0.2) is 5.65 Å². The van der Waals surface area contributed by atoms with Gasteiger partial charge >= 0.3 is 6.18 Å². The summed E-state index contributed by atoms with van der Waals surface area (Å²) >= 11 is 0. The van der Waals surface area contributed by atoms with E-state index < -0.39 is 17.3 Å². The van der Waals surface area contributed by atoms with Gasteiger partial charge in [0.1, 0.15) is 18.3 Å². The number of nitrogens with zero attached hydrogens (tertiary/aromatic N) is 4. The Hall–Kier alpha value is -3.95. The second-order valence-corrected chi connectivity index (χ2v) is 7.22. The lowest BCUT2D eigenvalue weighted by atomic mass is 10.1. The van der Waals surface area contributed by atoms with Crippen molar-refractivity contribution in [2.45, 2.75) is 25.7 Å². The zero-order valence-corrected chi connectivity index (χ0v) is 16.9. The highest BCUT2D eigenvalue weighted by Gasteiger charge is 2.30. The quantitative estimate of drug-likeness (QED) is 0.514. The van der Waals surface area contributed by atoms with Crippen LogP contribution in [0.3, 0.4) is 0 Å². The number of alkyl halides is 3. The highest BCUT2D eigenvalue weighted by Crippen LogP contribution is 2.30. The smallest absolute Gasteiger partial charge is 0.348 e. The summed E-state index contributed by atoms with van der Waals surface area (Å²) in [6.45, 7) is 1.57. The van der Waals surface area contributed by atoms with E-state index in [9.17, 15) is 22.8 Å². The number of hydrogen-bond donors (Lipinski definition) is 1. The number of nitrogens with one attached hydrogen (secondary N) is 1. The van der Waals surface area contributed by atoms with Gasteiger partial charge in [-0.15, -0.1) is 0 Å². The lowest BCUT2D eigenvalue weighted by molar-refractivity contribution is -0.137. The van der Waals surface area contributed by atoms with Crippen LogP contribution in [0, 0.1) is 0 Å². The molecule has 2 aromatic carbocycles. The molecule has 1 unspecified atom stereocenters. The fraction of sp³-hybridized carbons (Fsp3) is 0.182. The molecule has 1 N–H and O–H groups in total. The van der Waals surface area contributed by atoms with Crippen LogP contribution in [0.1, 0.15) is 24.1 Å². The second kappa shape index (κ2) is 8.29. The van der Waals surface area contributed by atoms with Crippen molar-refractivity contribution >= 4 is 16.9 Å². The first kappa shape index (κ1) is 21.3. The van der Waals surface area contributed by atoms with Crippen LogP contribution in [0.5, 0.6) is 0 Å². The van der Waals surface area contributed by atoms with Crippen LogP contribution >= 0.6 is 0 Å². The first-order valence-electron chi connectivity index (χ1n) is 9.69. The molecule has 0 bridgehead atoms. The van der Waals surface area contributed by atoms with Gasteiger partial charge in [-0.1, -0.05) is 36.4 Å². The van der Waals surface area contributed by atoms with Crippen molar-refractivity contribution in [3.05, 3.63) is 88.6 Å². The normalized spacial score (nSPS) is 12.6. The van der Waals surface area contributed by atoms with Gasteiger partial charge in [0.25, 0.3) is 5.56 Å². The van der Waals surface area contributed by atoms with Gasteiger partial charge < -0.3 is 5.32 Å². The van der Waals surface area contributed by atoms with E-state index in [1.165, 1.54) is 24.7 Å². The maximum Gasteiger partial charge on any atom is 0.416 e. The summed E-state index contributed by atoms with van der Waals surface area (Å²) in [5.74, 6) is -0.380. The van der Waals surface area contributed by atoms with Crippen LogP contribution in [-0.4, -0.2) is 25.2 Å². The Kier molecular flexibility index (Phi) is 5.52. The number of amides is 1. The van der Waals surface area contributed by atoms with E-state index in [-0.39, 0.29) is 35.2 Å². The van der Waals surface area contributed by atoms with Gasteiger partial charge in [0, 0.05) is 0 Å². The van der Waals surface area contributed by atoms with E-state index in [1.807, 2.05) is 37.3 Å². The van der Waals surface area contributed by atoms with Crippen molar-refractivity contribution in [1.82, 2.24) is 24.6 Å². The van der Waals surface area contributed by atoms with Crippen molar-refractivity contribution in [3.63, 3.8) is 0 Å². The van der Waals surface area contributed by atoms with E-state index in [0.29, 0.717) is 0 Å². The molecule has 0 fully saturated rings. The van der Waals surface area contributed by atoms with Crippen LogP contribution in [-0.2, 0) is 17.5 Å². The number of carbonyl (C=O) groups excluding carboxylic acids is 1. The van der Waals surface area contributed by atoms with Gasteiger partial charge in [0.05, 0.1) is 23.5 Å². The molecule has 4 aromatic rings. The predicted molar refractivity (Wildman–Crippen MR) is 111 cm³/mol. The zero-order valence-electron chi connectivity index (χ0n) is 16.9. The molecular weight excluding hydrogens is 423 g/mol. The largest absolute Gasteiger partial charge is 0.416 e. The molecule has 0 aliphatic carbocycles. The molecule has 0 aliphatic heterocycles. The Morgan fingerprint density at radius 3 is 2.59 bits per heavy atom. The van der Waals surface area contributed by atoms with Crippen LogP contribution in [0.4, 0.5) is 13.2 Å². The Balaban J connectivity index is 1.58. The van der Waals surface area contributed by atoms with Gasteiger partial charge in [-0.05, 0) is 30.7 Å². The van der Waals surface area contributed by atoms with E-state index in [4.69, 9.17) is 0 Å². The summed E-state index contributed by atoms with van der Waals surface area (Å²) in [5.41, 5.74) is -0.214. The van der Waals surface area contributed by atoms with E-state index in [0.717, 1.165) is 26.9 Å². The van der Waals surface area contributed by atoms with E-state index in [1.54, 1.807) is 0 Å². The standard InChI is InChI=1S/C22H18F3N5O2/c1-14(15-6-3-2-4-7-15)28-19(31)12-29-13-26-20-18(21(29)32)11-27-30(20)17-9-5-8-16(10-17)22(23,24)25/h2-11,13-14H,12H2,1H3,(H,28,31). The minimum atomic E-state index is -4.51. The van der Waals surface area contributed by atoms with Crippen LogP contribution in [0.2, 0.25) is 0 Å². The molecule has 164 valence electrons. The molecule has 1 atom stereocenters. The van der Waals surface area contributed by atoms with Gasteiger partial charge in [-0.2, -0.15) is 18.3 Å². The van der Waals surface area contributed by atoms with Crippen LogP contribution in [0.15, 0.2) is 71.9 Å². The molecular formula is C22H18F3N5O2. The fourth-order valence-electron chi connectivity index (χ4n) is 3.33. The maximum atomic E-state index is 13.0. The van der Waals surface area contributed by atoms with Crippen molar-refractivity contribution in [2.75, 3.05) is 0 Å². The number of hydrogen-bond acceptors (Lipinski definition) is 4. The molecule has 32 heavy (non-hydrogen) atoms. The summed E-state index contributed by atoms with van der Waals surface area (Å²) in [6, 6.07) is 13.7. The number of carbonyl (C=O) groups is 1. The minimum Gasteiger partial charge on any atom is -0.348 e. The Labute approximate surface area is 180 Å². The van der Waals surface area contributed by atoms with Gasteiger partial charge in [-0.25, -0.2) is 9.67 Å². The molecule has 0 saturated carbocycles. The number of rotatable bonds is 5. The molecule has 0 radical (unpaired) electrons. The first-order valence-corrected chi connectivity index (χ1v) is 9.69. The van der Waals surface area contributed by atoms with Crippen molar-refractivity contribution in [1.29, 1.82) is 0 Å². The Bertz CT molecular complexity index is 1330. The summed E-state index contributed by atoms with van der Waals surface area (Å²) in [4.78, 5) is 29.4. The molecule has 0 aliphatic rings. The number of halogens is 3. The third-order valence-corrected chi connectivity index (χ3v) is 4.96. The Morgan fingerprint density at radius 2 is 1.88 bits per heavy atom. The minimum absolute atomic E-state index is 0.0915.